The zero-order chi connectivity index (χ0) is 63.7. The Morgan fingerprint density at radius 3 is 1.57 bits per heavy atom. The average Bonchev–Trinajstić information content (AvgIpc) is 1.37. The number of nitrogens with one attached hydrogen (secondary N) is 1. The predicted octanol–water partition coefficient (Wildman–Crippen LogP) is 12.2. The summed E-state index contributed by atoms with van der Waals surface area (Å²) >= 11 is 0. The standard InChI is InChI=1S/C71H74N3O17P/c1-4-74(5-2)52-18-25-62-64(44-52)89-65-46-63(75)58-24-23-55(45-61(58)69(65)73-62)88-47-66(76)72-26-27-80-28-29-81-30-31-82-32-33-83-34-35-84-36-37-85-38-39-86-40-41-87-54-21-16-49(17-22-54)60-43-51-11-7-9-13-57(51)68-67-56-12-8-6-10-50(56)42-59(48-14-19-53(79-3)20-15-48)70(67)90-92(77,78)91-71(60)68/h6-25,42-46H,4-5,26-41,47H2,1-3H3,(H,72,76)(H,77,78). The van der Waals surface area contributed by atoms with Crippen LogP contribution in [0.3, 0.4) is 0 Å². The lowest BCUT2D eigenvalue weighted by Crippen LogP contribution is -2.31. The molecular formula is C71H74N3O17P. The van der Waals surface area contributed by atoms with Crippen LogP contribution in [0, 0.1) is 0 Å². The topological polar surface area (TPSA) is 224 Å². The molecule has 0 bridgehead atoms. The summed E-state index contributed by atoms with van der Waals surface area (Å²) in [5.74, 6) is 2.29. The molecule has 0 saturated heterocycles. The molecule has 0 spiro atoms. The molecule has 20 nitrogen and oxygen atoms in total. The van der Waals surface area contributed by atoms with E-state index in [2.05, 4.69) is 24.1 Å². The fraction of sp³-hybridized carbons (Fsp3) is 0.310. The number of methoxy groups -OCH3 is 1. The molecule has 8 aromatic rings. The van der Waals surface area contributed by atoms with E-state index < -0.39 is 7.82 Å². The number of phosphoric ester groups is 1. The first-order chi connectivity index (χ1) is 45.1. The van der Waals surface area contributed by atoms with E-state index in [4.69, 9.17) is 65.8 Å². The lowest BCUT2D eigenvalue weighted by atomic mass is 9.86. The van der Waals surface area contributed by atoms with Gasteiger partial charge in [-0.25, -0.2) is 9.55 Å². The van der Waals surface area contributed by atoms with Crippen LogP contribution in [0.4, 0.5) is 5.69 Å². The molecule has 2 aliphatic heterocycles. The van der Waals surface area contributed by atoms with E-state index in [9.17, 15) is 19.0 Å². The fourth-order valence-electron chi connectivity index (χ4n) is 10.9. The summed E-state index contributed by atoms with van der Waals surface area (Å²) < 4.78 is 89.0. The number of fused-ring (bicyclic) bond motifs is 11. The highest BCUT2D eigenvalue weighted by Crippen LogP contribution is 2.61. The van der Waals surface area contributed by atoms with Crippen molar-refractivity contribution in [2.75, 3.05) is 137 Å². The zero-order valence-corrected chi connectivity index (χ0v) is 52.6. The second-order valence-electron chi connectivity index (χ2n) is 21.3. The van der Waals surface area contributed by atoms with Crippen molar-refractivity contribution in [1.82, 2.24) is 10.3 Å². The van der Waals surface area contributed by atoms with Crippen LogP contribution in [0.1, 0.15) is 13.8 Å². The summed E-state index contributed by atoms with van der Waals surface area (Å²) in [6, 6.07) is 47.2. The molecule has 2 heterocycles. The molecule has 8 aromatic carbocycles. The van der Waals surface area contributed by atoms with Crippen LogP contribution >= 0.6 is 7.82 Å². The largest absolute Gasteiger partial charge is 0.584 e. The van der Waals surface area contributed by atoms with Crippen LogP contribution in [0.2, 0.25) is 0 Å². The van der Waals surface area contributed by atoms with Gasteiger partial charge in [-0.1, -0.05) is 72.8 Å². The molecule has 11 rings (SSSR count). The highest BCUT2D eigenvalue weighted by Gasteiger charge is 2.38. The second-order valence-corrected chi connectivity index (χ2v) is 22.6. The van der Waals surface area contributed by atoms with Gasteiger partial charge in [0.15, 0.2) is 23.4 Å². The molecule has 480 valence electrons. The van der Waals surface area contributed by atoms with Gasteiger partial charge in [0, 0.05) is 70.5 Å². The molecule has 0 aromatic heterocycles. The molecule has 1 aliphatic carbocycles. The van der Waals surface area contributed by atoms with Crippen molar-refractivity contribution >= 4 is 62.8 Å². The van der Waals surface area contributed by atoms with Crippen LogP contribution < -0.4 is 38.9 Å². The number of aromatic nitrogens is 1. The van der Waals surface area contributed by atoms with E-state index in [0.717, 1.165) is 51.4 Å². The molecule has 2 N–H and O–H groups in total. The number of hydrogen-bond acceptors (Lipinski definition) is 18. The maximum atomic E-state index is 14.0. The van der Waals surface area contributed by atoms with Gasteiger partial charge in [-0.3, -0.25) is 14.5 Å². The van der Waals surface area contributed by atoms with E-state index >= 15 is 0 Å². The van der Waals surface area contributed by atoms with E-state index in [-0.39, 0.29) is 29.4 Å². The minimum atomic E-state index is -4.74. The molecule has 21 heteroatoms. The van der Waals surface area contributed by atoms with Gasteiger partial charge in [0.1, 0.15) is 46.6 Å². The monoisotopic (exact) mass is 1270 g/mol. The molecule has 1 amide bonds. The van der Waals surface area contributed by atoms with E-state index in [1.807, 2.05) is 127 Å². The van der Waals surface area contributed by atoms with Gasteiger partial charge < -0.3 is 71.0 Å². The van der Waals surface area contributed by atoms with Crippen LogP contribution in [-0.4, -0.2) is 148 Å². The van der Waals surface area contributed by atoms with Crippen molar-refractivity contribution in [3.05, 3.63) is 162 Å². The number of rotatable bonds is 34. The third-order valence-electron chi connectivity index (χ3n) is 15.4. The van der Waals surface area contributed by atoms with Crippen molar-refractivity contribution in [2.45, 2.75) is 13.8 Å². The minimum absolute atomic E-state index is 0.192. The zero-order valence-electron chi connectivity index (χ0n) is 51.7. The van der Waals surface area contributed by atoms with Crippen LogP contribution in [-0.2, 0) is 42.5 Å². The number of amides is 1. The Morgan fingerprint density at radius 2 is 1.03 bits per heavy atom. The first-order valence-corrected chi connectivity index (χ1v) is 32.3. The number of carbonyl (C=O) groups excluding carboxylic acids is 1. The molecule has 92 heavy (non-hydrogen) atoms. The number of ether oxygens (including phenoxy) is 10. The van der Waals surface area contributed by atoms with Crippen LogP contribution in [0.5, 0.6) is 28.7 Å². The van der Waals surface area contributed by atoms with Gasteiger partial charge >= 0.3 is 7.82 Å². The Bertz CT molecular complexity index is 4200. The third kappa shape index (κ3) is 16.1. The number of carbonyl (C=O) groups is 1. The smallest absolute Gasteiger partial charge is 0.497 e. The Kier molecular flexibility index (Phi) is 22.3. The third-order valence-corrected chi connectivity index (χ3v) is 16.3. The molecule has 0 fully saturated rings. The Labute approximate surface area is 532 Å². The van der Waals surface area contributed by atoms with Crippen molar-refractivity contribution in [2.24, 2.45) is 0 Å². The average molecular weight is 1270 g/mol. The molecular weight excluding hydrogens is 1200 g/mol. The van der Waals surface area contributed by atoms with Gasteiger partial charge in [0.05, 0.1) is 99.6 Å². The van der Waals surface area contributed by atoms with E-state index in [0.29, 0.717) is 178 Å². The Balaban J connectivity index is 0.511. The van der Waals surface area contributed by atoms with Gasteiger partial charge in [-0.2, -0.15) is 0 Å². The van der Waals surface area contributed by atoms with Crippen molar-refractivity contribution < 1.29 is 75.1 Å². The molecule has 0 saturated carbocycles. The fourth-order valence-corrected chi connectivity index (χ4v) is 11.8. The molecule has 0 radical (unpaired) electrons. The molecule has 1 atom stereocenters. The summed E-state index contributed by atoms with van der Waals surface area (Å²) in [4.78, 5) is 44.1. The summed E-state index contributed by atoms with van der Waals surface area (Å²) in [7, 11) is -3.13. The number of nitrogens with zero attached hydrogens (tertiary/aromatic N) is 2. The van der Waals surface area contributed by atoms with E-state index in [1.54, 1.807) is 25.3 Å². The summed E-state index contributed by atoms with van der Waals surface area (Å²) in [6.07, 6.45) is 0. The maximum Gasteiger partial charge on any atom is 0.584 e. The number of anilines is 1. The Hall–Kier alpha value is -8.66. The normalized spacial score (nSPS) is 13.6. The lowest BCUT2D eigenvalue weighted by molar-refractivity contribution is -0.123. The quantitative estimate of drug-likeness (QED) is 0.0165. The van der Waals surface area contributed by atoms with Crippen LogP contribution in [0.15, 0.2) is 161 Å². The minimum Gasteiger partial charge on any atom is -0.497 e. The van der Waals surface area contributed by atoms with Gasteiger partial charge in [-0.15, -0.1) is 0 Å². The second kappa shape index (κ2) is 31.6. The van der Waals surface area contributed by atoms with Gasteiger partial charge in [0.25, 0.3) is 5.91 Å². The Morgan fingerprint density at radius 1 is 0.533 bits per heavy atom. The number of hydrogen-bond donors (Lipinski definition) is 2. The van der Waals surface area contributed by atoms with Gasteiger partial charge in [-0.05, 0) is 113 Å². The van der Waals surface area contributed by atoms with Crippen molar-refractivity contribution in [1.29, 1.82) is 0 Å². The van der Waals surface area contributed by atoms with Gasteiger partial charge in [0.2, 0.25) is 0 Å². The highest BCUT2D eigenvalue weighted by molar-refractivity contribution is 7.48. The summed E-state index contributed by atoms with van der Waals surface area (Å²) in [5.41, 5.74) is 6.73. The van der Waals surface area contributed by atoms with Crippen LogP contribution in [0.25, 0.3) is 88.3 Å². The first-order valence-electron chi connectivity index (χ1n) is 30.8. The highest BCUT2D eigenvalue weighted by atomic mass is 31.2. The molecule has 1 unspecified atom stereocenters. The number of phosphoric acid groups is 1. The lowest BCUT2D eigenvalue weighted by Gasteiger charge is -2.21. The number of benzene rings is 9. The van der Waals surface area contributed by atoms with Crippen molar-refractivity contribution in [3.63, 3.8) is 0 Å². The maximum absolute atomic E-state index is 14.0. The molecule has 3 aliphatic rings. The summed E-state index contributed by atoms with van der Waals surface area (Å²) in [5, 5.41) is 7.37. The SMILES string of the molecule is CCN(CC)c1ccc2nc3c4cc(OCC(=O)NCCOCCOCCOCCOCCOCCOCCOCCOc5ccc(-c6cc7ccccc7c7c6OP(=O)(O)Oc6c(-c8ccc(OC)cc8)cc8ccccc8c6-7)cc5)ccc4c(=O)cc-3oc2c1. The predicted molar refractivity (Wildman–Crippen MR) is 353 cm³/mol. The summed E-state index contributed by atoms with van der Waals surface area (Å²) in [6.45, 7) is 11.9. The van der Waals surface area contributed by atoms with Crippen molar-refractivity contribution in [3.8, 4) is 73.6 Å². The first kappa shape index (κ1) is 64.9. The van der Waals surface area contributed by atoms with E-state index in [1.165, 1.54) is 6.07 Å².